The molecule has 1 aliphatic rings. The first kappa shape index (κ1) is 15.0. The summed E-state index contributed by atoms with van der Waals surface area (Å²) < 4.78 is 11.2. The Bertz CT molecular complexity index is 166. The van der Waals surface area contributed by atoms with E-state index < -0.39 is 0 Å². The van der Waals surface area contributed by atoms with E-state index >= 15 is 0 Å². The van der Waals surface area contributed by atoms with Crippen molar-refractivity contribution in [2.45, 2.75) is 83.8 Å². The second-order valence-electron chi connectivity index (χ2n) is 5.26. The molecule has 0 aromatic heterocycles. The maximum absolute atomic E-state index is 5.97. The minimum atomic E-state index is 0.416. The summed E-state index contributed by atoms with van der Waals surface area (Å²) in [6.45, 7) is 6.26. The van der Waals surface area contributed by atoms with Gasteiger partial charge < -0.3 is 9.47 Å². The van der Waals surface area contributed by atoms with Crippen molar-refractivity contribution in [1.29, 1.82) is 0 Å². The number of hydrogen-bond donors (Lipinski definition) is 0. The highest BCUT2D eigenvalue weighted by atomic mass is 16.6. The van der Waals surface area contributed by atoms with Gasteiger partial charge in [-0.25, -0.2) is 0 Å². The van der Waals surface area contributed by atoms with E-state index in [-0.39, 0.29) is 0 Å². The molecule has 2 nitrogen and oxygen atoms in total. The lowest BCUT2D eigenvalue weighted by molar-refractivity contribution is 0.0289. The lowest BCUT2D eigenvalue weighted by Gasteiger charge is -2.17. The molecule has 0 radical (unpaired) electrons. The van der Waals surface area contributed by atoms with Crippen molar-refractivity contribution in [2.24, 2.45) is 0 Å². The van der Waals surface area contributed by atoms with Crippen molar-refractivity contribution in [3.8, 4) is 0 Å². The maximum atomic E-state index is 5.97. The smallest absolute Gasteiger partial charge is 0.104 e. The number of rotatable bonds is 12. The summed E-state index contributed by atoms with van der Waals surface area (Å²) in [5.74, 6) is 0. The molecule has 0 spiro atoms. The van der Waals surface area contributed by atoms with Gasteiger partial charge in [0.05, 0.1) is 19.3 Å². The first-order chi connectivity index (χ1) is 8.36. The van der Waals surface area contributed by atoms with E-state index in [2.05, 4.69) is 13.8 Å². The van der Waals surface area contributed by atoms with Gasteiger partial charge in [0.25, 0.3) is 0 Å². The maximum Gasteiger partial charge on any atom is 0.104 e. The Balaban J connectivity index is 2.05. The zero-order valence-electron chi connectivity index (χ0n) is 11.7. The average molecular weight is 242 g/mol. The Morgan fingerprint density at radius 1 is 1.00 bits per heavy atom. The quantitative estimate of drug-likeness (QED) is 0.375. The molecule has 2 heteroatoms. The van der Waals surface area contributed by atoms with Crippen LogP contribution in [0.3, 0.4) is 0 Å². The minimum absolute atomic E-state index is 0.416. The summed E-state index contributed by atoms with van der Waals surface area (Å²) >= 11 is 0. The van der Waals surface area contributed by atoms with Gasteiger partial charge in [0.2, 0.25) is 0 Å². The van der Waals surface area contributed by atoms with Crippen LogP contribution in [0.2, 0.25) is 0 Å². The predicted octanol–water partition coefficient (Wildman–Crippen LogP) is 4.32. The van der Waals surface area contributed by atoms with Crippen molar-refractivity contribution in [3.63, 3.8) is 0 Å². The molecule has 1 aliphatic heterocycles. The highest BCUT2D eigenvalue weighted by molar-refractivity contribution is 4.69. The summed E-state index contributed by atoms with van der Waals surface area (Å²) in [5, 5.41) is 0. The van der Waals surface area contributed by atoms with Crippen LogP contribution in [0, 0.1) is 0 Å². The molecule has 0 saturated carbocycles. The molecule has 0 N–H and O–H groups in total. The predicted molar refractivity (Wildman–Crippen MR) is 72.4 cm³/mol. The molecule has 1 heterocycles. The van der Waals surface area contributed by atoms with Crippen molar-refractivity contribution in [2.75, 3.05) is 13.2 Å². The molecule has 1 rings (SSSR count). The molecular weight excluding hydrogens is 212 g/mol. The molecule has 0 aromatic carbocycles. The number of hydrogen-bond acceptors (Lipinski definition) is 2. The van der Waals surface area contributed by atoms with E-state index in [0.29, 0.717) is 12.2 Å². The van der Waals surface area contributed by atoms with Crippen LogP contribution < -0.4 is 0 Å². The summed E-state index contributed by atoms with van der Waals surface area (Å²) in [4.78, 5) is 0. The molecule has 2 atom stereocenters. The van der Waals surface area contributed by atoms with Crippen molar-refractivity contribution >= 4 is 0 Å². The summed E-state index contributed by atoms with van der Waals surface area (Å²) in [5.41, 5.74) is 0. The molecule has 1 saturated heterocycles. The van der Waals surface area contributed by atoms with Gasteiger partial charge in [-0.05, 0) is 12.8 Å². The fraction of sp³-hybridized carbons (Fsp3) is 1.00. The van der Waals surface area contributed by atoms with E-state index in [4.69, 9.17) is 9.47 Å². The molecule has 0 amide bonds. The number of ether oxygens (including phenoxy) is 2. The summed E-state index contributed by atoms with van der Waals surface area (Å²) in [6.07, 6.45) is 12.7. The Morgan fingerprint density at radius 3 is 2.18 bits per heavy atom. The SMILES string of the molecule is CCCCCCC(CCCCC)OCC1CO1. The third kappa shape index (κ3) is 8.62. The van der Waals surface area contributed by atoms with Crippen LogP contribution in [0.1, 0.15) is 71.6 Å². The minimum Gasteiger partial charge on any atom is -0.375 e. The standard InChI is InChI=1S/C15H30O2/c1-3-5-7-9-11-14(10-8-6-4-2)16-12-15-13-17-15/h14-15H,3-13H2,1-2H3. The van der Waals surface area contributed by atoms with Gasteiger partial charge in [-0.15, -0.1) is 0 Å². The van der Waals surface area contributed by atoms with Gasteiger partial charge in [0, 0.05) is 0 Å². The second-order valence-corrected chi connectivity index (χ2v) is 5.26. The molecule has 0 bridgehead atoms. The van der Waals surface area contributed by atoms with Crippen molar-refractivity contribution in [1.82, 2.24) is 0 Å². The highest BCUT2D eigenvalue weighted by Gasteiger charge is 2.24. The zero-order valence-corrected chi connectivity index (χ0v) is 11.7. The van der Waals surface area contributed by atoms with Gasteiger partial charge in [0.15, 0.2) is 0 Å². The first-order valence-corrected chi connectivity index (χ1v) is 7.60. The van der Waals surface area contributed by atoms with Gasteiger partial charge in [0.1, 0.15) is 6.10 Å². The number of epoxide rings is 1. The van der Waals surface area contributed by atoms with Crippen LogP contribution in [0.25, 0.3) is 0 Å². The fourth-order valence-electron chi connectivity index (χ4n) is 2.14. The van der Waals surface area contributed by atoms with Crippen LogP contribution in [-0.2, 0) is 9.47 Å². The van der Waals surface area contributed by atoms with E-state index in [1.54, 1.807) is 0 Å². The van der Waals surface area contributed by atoms with E-state index in [1.165, 1.54) is 57.8 Å². The Hall–Kier alpha value is -0.0800. The fourth-order valence-corrected chi connectivity index (χ4v) is 2.14. The third-order valence-electron chi connectivity index (χ3n) is 3.43. The van der Waals surface area contributed by atoms with Crippen LogP contribution in [0.15, 0.2) is 0 Å². The lowest BCUT2D eigenvalue weighted by atomic mass is 10.0. The normalized spacial score (nSPS) is 20.5. The van der Waals surface area contributed by atoms with Crippen LogP contribution in [0.4, 0.5) is 0 Å². The van der Waals surface area contributed by atoms with Crippen LogP contribution in [-0.4, -0.2) is 25.4 Å². The van der Waals surface area contributed by atoms with Gasteiger partial charge in [-0.1, -0.05) is 58.8 Å². The Labute approximate surface area is 107 Å². The Morgan fingerprint density at radius 2 is 1.59 bits per heavy atom. The molecular formula is C15H30O2. The molecule has 0 aromatic rings. The summed E-state index contributed by atoms with van der Waals surface area (Å²) in [6, 6.07) is 0. The van der Waals surface area contributed by atoms with Gasteiger partial charge in [-0.2, -0.15) is 0 Å². The third-order valence-corrected chi connectivity index (χ3v) is 3.43. The molecule has 17 heavy (non-hydrogen) atoms. The van der Waals surface area contributed by atoms with E-state index in [0.717, 1.165) is 13.2 Å². The highest BCUT2D eigenvalue weighted by Crippen LogP contribution is 2.17. The van der Waals surface area contributed by atoms with Crippen LogP contribution in [0.5, 0.6) is 0 Å². The molecule has 2 unspecified atom stereocenters. The molecule has 1 fully saturated rings. The average Bonchev–Trinajstić information content (AvgIpc) is 3.15. The largest absolute Gasteiger partial charge is 0.375 e. The lowest BCUT2D eigenvalue weighted by Crippen LogP contribution is -2.16. The van der Waals surface area contributed by atoms with E-state index in [1.807, 2.05) is 0 Å². The summed E-state index contributed by atoms with van der Waals surface area (Å²) in [7, 11) is 0. The van der Waals surface area contributed by atoms with Crippen molar-refractivity contribution < 1.29 is 9.47 Å². The topological polar surface area (TPSA) is 21.8 Å². The molecule has 102 valence electrons. The molecule has 0 aliphatic carbocycles. The van der Waals surface area contributed by atoms with Crippen molar-refractivity contribution in [3.05, 3.63) is 0 Å². The van der Waals surface area contributed by atoms with E-state index in [9.17, 15) is 0 Å². The Kier molecular flexibility index (Phi) is 8.72. The van der Waals surface area contributed by atoms with Crippen LogP contribution >= 0.6 is 0 Å². The second kappa shape index (κ2) is 9.90. The zero-order chi connectivity index (χ0) is 12.3. The number of unbranched alkanes of at least 4 members (excludes halogenated alkanes) is 5. The van der Waals surface area contributed by atoms with Gasteiger partial charge in [-0.3, -0.25) is 0 Å². The monoisotopic (exact) mass is 242 g/mol. The van der Waals surface area contributed by atoms with Gasteiger partial charge >= 0.3 is 0 Å². The first-order valence-electron chi connectivity index (χ1n) is 7.60.